The zero-order chi connectivity index (χ0) is 20.1. The first-order chi connectivity index (χ1) is 14.2. The van der Waals surface area contributed by atoms with Gasteiger partial charge in [0.25, 0.3) is 5.91 Å². The summed E-state index contributed by atoms with van der Waals surface area (Å²) in [5.74, 6) is -0.0471. The number of para-hydroxylation sites is 1. The van der Waals surface area contributed by atoms with Crippen molar-refractivity contribution >= 4 is 23.7 Å². The predicted octanol–water partition coefficient (Wildman–Crippen LogP) is 5.21. The molecule has 144 valence electrons. The monoisotopic (exact) mass is 381 g/mol. The molecule has 1 aliphatic heterocycles. The smallest absolute Gasteiger partial charge is 0.260 e. The standard InChI is InChI=1S/C26H23NO2/c1-29-24-25(28)27(23-15-9-4-10-16-23)26(24,19-17-21-11-5-2-6-12-21)20-18-22-13-7-3-8-14-22/h2-20,24H,1H3/b19-17+,20-18+/t24-/m0/s1. The van der Waals surface area contributed by atoms with Crippen molar-refractivity contribution in [1.82, 2.24) is 0 Å². The summed E-state index contributed by atoms with van der Waals surface area (Å²) in [4.78, 5) is 14.8. The SMILES string of the molecule is CO[C@H]1C(=O)N(c2ccccc2)C1(/C=C/c1ccccc1)/C=C/c1ccccc1. The highest BCUT2D eigenvalue weighted by atomic mass is 16.5. The Hall–Kier alpha value is -3.43. The molecule has 4 rings (SSSR count). The van der Waals surface area contributed by atoms with Crippen LogP contribution in [0.3, 0.4) is 0 Å². The van der Waals surface area contributed by atoms with E-state index in [0.717, 1.165) is 16.8 Å². The van der Waals surface area contributed by atoms with Crippen molar-refractivity contribution in [3.8, 4) is 0 Å². The molecular weight excluding hydrogens is 358 g/mol. The van der Waals surface area contributed by atoms with Crippen molar-refractivity contribution in [3.63, 3.8) is 0 Å². The molecule has 0 aliphatic carbocycles. The molecular formula is C26H23NO2. The van der Waals surface area contributed by atoms with Gasteiger partial charge >= 0.3 is 0 Å². The molecule has 0 aromatic heterocycles. The molecule has 0 bridgehead atoms. The number of methoxy groups -OCH3 is 1. The van der Waals surface area contributed by atoms with Crippen LogP contribution in [0.4, 0.5) is 5.69 Å². The molecule has 0 saturated carbocycles. The van der Waals surface area contributed by atoms with Crippen molar-refractivity contribution in [2.45, 2.75) is 11.6 Å². The van der Waals surface area contributed by atoms with Crippen LogP contribution in [0.1, 0.15) is 11.1 Å². The van der Waals surface area contributed by atoms with Crippen LogP contribution in [-0.4, -0.2) is 24.7 Å². The molecule has 1 aliphatic rings. The lowest BCUT2D eigenvalue weighted by atomic mass is 9.78. The molecule has 1 saturated heterocycles. The first-order valence-corrected chi connectivity index (χ1v) is 9.65. The van der Waals surface area contributed by atoms with Crippen LogP contribution >= 0.6 is 0 Å². The average molecular weight is 381 g/mol. The van der Waals surface area contributed by atoms with Crippen molar-refractivity contribution in [2.75, 3.05) is 12.0 Å². The second-order valence-electron chi connectivity index (χ2n) is 7.00. The number of carbonyl (C=O) groups excluding carboxylic acids is 1. The van der Waals surface area contributed by atoms with Gasteiger partial charge in [-0.1, -0.05) is 103 Å². The third-order valence-corrected chi connectivity index (χ3v) is 5.19. The number of hydrogen-bond donors (Lipinski definition) is 0. The number of rotatable bonds is 6. The predicted molar refractivity (Wildman–Crippen MR) is 118 cm³/mol. The molecule has 3 heteroatoms. The number of nitrogens with zero attached hydrogens (tertiary/aromatic N) is 1. The van der Waals surface area contributed by atoms with Gasteiger partial charge in [-0.25, -0.2) is 0 Å². The third-order valence-electron chi connectivity index (χ3n) is 5.19. The van der Waals surface area contributed by atoms with Gasteiger partial charge in [-0.15, -0.1) is 0 Å². The summed E-state index contributed by atoms with van der Waals surface area (Å²) in [6, 6.07) is 29.9. The van der Waals surface area contributed by atoms with E-state index >= 15 is 0 Å². The molecule has 3 aromatic rings. The Kier molecular flexibility index (Phi) is 5.41. The number of anilines is 1. The van der Waals surface area contributed by atoms with Crippen LogP contribution in [0, 0.1) is 0 Å². The third kappa shape index (κ3) is 3.65. The molecule has 0 radical (unpaired) electrons. The normalized spacial score (nSPS) is 18.3. The second kappa shape index (κ2) is 8.29. The molecule has 0 N–H and O–H groups in total. The van der Waals surface area contributed by atoms with Gasteiger partial charge in [0.1, 0.15) is 5.54 Å². The van der Waals surface area contributed by atoms with Crippen molar-refractivity contribution in [3.05, 3.63) is 114 Å². The molecule has 3 nitrogen and oxygen atoms in total. The fourth-order valence-corrected chi connectivity index (χ4v) is 3.74. The highest BCUT2D eigenvalue weighted by Gasteiger charge is 2.58. The highest BCUT2D eigenvalue weighted by Crippen LogP contribution is 2.42. The van der Waals surface area contributed by atoms with Crippen LogP contribution < -0.4 is 4.90 Å². The molecule has 0 unspecified atom stereocenters. The van der Waals surface area contributed by atoms with Crippen LogP contribution in [-0.2, 0) is 9.53 Å². The van der Waals surface area contributed by atoms with E-state index in [2.05, 4.69) is 12.2 Å². The van der Waals surface area contributed by atoms with Gasteiger partial charge in [0.2, 0.25) is 0 Å². The maximum absolute atomic E-state index is 13.0. The van der Waals surface area contributed by atoms with Gasteiger partial charge in [0.05, 0.1) is 0 Å². The minimum absolute atomic E-state index is 0.0471. The fourth-order valence-electron chi connectivity index (χ4n) is 3.74. The summed E-state index contributed by atoms with van der Waals surface area (Å²) >= 11 is 0. The van der Waals surface area contributed by atoms with E-state index < -0.39 is 11.6 Å². The lowest BCUT2D eigenvalue weighted by Gasteiger charge is -2.53. The van der Waals surface area contributed by atoms with Crippen LogP contribution in [0.25, 0.3) is 12.2 Å². The van der Waals surface area contributed by atoms with Gasteiger partial charge in [-0.3, -0.25) is 9.69 Å². The van der Waals surface area contributed by atoms with Crippen LogP contribution in [0.2, 0.25) is 0 Å². The quantitative estimate of drug-likeness (QED) is 0.548. The van der Waals surface area contributed by atoms with Gasteiger partial charge in [-0.05, 0) is 23.3 Å². The zero-order valence-electron chi connectivity index (χ0n) is 16.3. The van der Waals surface area contributed by atoms with E-state index in [9.17, 15) is 4.79 Å². The Morgan fingerprint density at radius 3 is 1.66 bits per heavy atom. The summed E-state index contributed by atoms with van der Waals surface area (Å²) in [5.41, 5.74) is 2.28. The Balaban J connectivity index is 1.80. The minimum Gasteiger partial charge on any atom is -0.368 e. The molecule has 1 atom stereocenters. The van der Waals surface area contributed by atoms with E-state index in [1.54, 1.807) is 12.0 Å². The summed E-state index contributed by atoms with van der Waals surface area (Å²) in [6.45, 7) is 0. The lowest BCUT2D eigenvalue weighted by molar-refractivity contribution is -0.141. The summed E-state index contributed by atoms with van der Waals surface area (Å²) in [5, 5.41) is 0. The first-order valence-electron chi connectivity index (χ1n) is 9.65. The largest absolute Gasteiger partial charge is 0.368 e. The summed E-state index contributed by atoms with van der Waals surface area (Å²) < 4.78 is 5.65. The van der Waals surface area contributed by atoms with Crippen molar-refractivity contribution in [2.24, 2.45) is 0 Å². The molecule has 0 spiro atoms. The Morgan fingerprint density at radius 1 is 0.759 bits per heavy atom. The van der Waals surface area contributed by atoms with Gasteiger partial charge in [-0.2, -0.15) is 0 Å². The Morgan fingerprint density at radius 2 is 1.21 bits per heavy atom. The van der Waals surface area contributed by atoms with Crippen LogP contribution in [0.15, 0.2) is 103 Å². The Bertz CT molecular complexity index is 961. The number of carbonyl (C=O) groups is 1. The van der Waals surface area contributed by atoms with E-state index in [1.807, 2.05) is 103 Å². The zero-order valence-corrected chi connectivity index (χ0v) is 16.3. The van der Waals surface area contributed by atoms with Gasteiger partial charge < -0.3 is 4.74 Å². The van der Waals surface area contributed by atoms with Crippen LogP contribution in [0.5, 0.6) is 0 Å². The summed E-state index contributed by atoms with van der Waals surface area (Å²) in [7, 11) is 1.59. The van der Waals surface area contributed by atoms with E-state index in [1.165, 1.54) is 0 Å². The Labute approximate surface area is 171 Å². The van der Waals surface area contributed by atoms with Crippen molar-refractivity contribution in [1.29, 1.82) is 0 Å². The number of ether oxygens (including phenoxy) is 1. The molecule has 29 heavy (non-hydrogen) atoms. The minimum atomic E-state index is -0.709. The maximum atomic E-state index is 13.0. The topological polar surface area (TPSA) is 29.5 Å². The first kappa shape index (κ1) is 18.9. The number of benzene rings is 3. The molecule has 1 fully saturated rings. The number of β-lactam (4-membered cyclic amide) rings is 1. The van der Waals surface area contributed by atoms with Gasteiger partial charge in [0, 0.05) is 12.8 Å². The van der Waals surface area contributed by atoms with E-state index in [-0.39, 0.29) is 5.91 Å². The molecule has 1 amide bonds. The highest BCUT2D eigenvalue weighted by molar-refractivity contribution is 6.09. The fraction of sp³-hybridized carbons (Fsp3) is 0.115. The van der Waals surface area contributed by atoms with E-state index in [0.29, 0.717) is 0 Å². The summed E-state index contributed by atoms with van der Waals surface area (Å²) in [6.07, 6.45) is 7.63. The number of hydrogen-bond acceptors (Lipinski definition) is 2. The van der Waals surface area contributed by atoms with Crippen molar-refractivity contribution < 1.29 is 9.53 Å². The molecule has 1 heterocycles. The maximum Gasteiger partial charge on any atom is 0.260 e. The average Bonchev–Trinajstić information content (AvgIpc) is 2.78. The van der Waals surface area contributed by atoms with E-state index in [4.69, 9.17) is 4.74 Å². The van der Waals surface area contributed by atoms with Gasteiger partial charge in [0.15, 0.2) is 6.10 Å². The lowest BCUT2D eigenvalue weighted by Crippen LogP contribution is -2.73. The molecule has 3 aromatic carbocycles. The second-order valence-corrected chi connectivity index (χ2v) is 7.00. The number of amides is 1.